The summed E-state index contributed by atoms with van der Waals surface area (Å²) < 4.78 is 1.75. The number of hydrogen-bond acceptors (Lipinski definition) is 4. The topological polar surface area (TPSA) is 84.3 Å². The smallest absolute Gasteiger partial charge is 0.243 e. The normalized spacial score (nSPS) is 21.5. The van der Waals surface area contributed by atoms with Crippen molar-refractivity contribution in [3.8, 4) is 5.69 Å². The van der Waals surface area contributed by atoms with E-state index >= 15 is 0 Å². The zero-order chi connectivity index (χ0) is 22.0. The standard InChI is InChI=1S/C24H28N4O3/c1-16(2)14-21(28-23(30)18-9-4-5-10-19(18)24(28)31)22(29)25-15-17-8-3-6-11-20(17)27-13-7-12-26-27/h3-8,11-13,16,18-19,21H,9-10,14-15H2,1-2H3,(H,25,29). The number of para-hydroxylation sites is 1. The molecule has 1 fully saturated rings. The van der Waals surface area contributed by atoms with Crippen LogP contribution in [-0.4, -0.2) is 38.4 Å². The Morgan fingerprint density at radius 3 is 2.39 bits per heavy atom. The van der Waals surface area contributed by atoms with Gasteiger partial charge in [0.05, 0.1) is 17.5 Å². The van der Waals surface area contributed by atoms with Crippen LogP contribution in [0.2, 0.25) is 0 Å². The van der Waals surface area contributed by atoms with E-state index < -0.39 is 6.04 Å². The van der Waals surface area contributed by atoms with E-state index in [9.17, 15) is 14.4 Å². The number of aromatic nitrogens is 2. The third-order valence-electron chi connectivity index (χ3n) is 6.05. The molecule has 2 aromatic rings. The van der Waals surface area contributed by atoms with Gasteiger partial charge in [-0.05, 0) is 42.9 Å². The summed E-state index contributed by atoms with van der Waals surface area (Å²) >= 11 is 0. The number of rotatable bonds is 7. The molecule has 1 saturated heterocycles. The fraction of sp³-hybridized carbons (Fsp3) is 0.417. The molecule has 0 saturated carbocycles. The van der Waals surface area contributed by atoms with Gasteiger partial charge in [0.1, 0.15) is 6.04 Å². The van der Waals surface area contributed by atoms with Gasteiger partial charge in [-0.25, -0.2) is 4.68 Å². The predicted octanol–water partition coefficient (Wildman–Crippen LogP) is 2.85. The van der Waals surface area contributed by atoms with E-state index in [-0.39, 0.29) is 42.0 Å². The monoisotopic (exact) mass is 420 g/mol. The van der Waals surface area contributed by atoms with Gasteiger partial charge < -0.3 is 5.32 Å². The zero-order valence-corrected chi connectivity index (χ0v) is 17.9. The maximum absolute atomic E-state index is 13.2. The Morgan fingerprint density at radius 2 is 1.77 bits per heavy atom. The molecule has 7 nitrogen and oxygen atoms in total. The lowest BCUT2D eigenvalue weighted by Crippen LogP contribution is -2.50. The van der Waals surface area contributed by atoms with Crippen LogP contribution < -0.4 is 5.32 Å². The van der Waals surface area contributed by atoms with Crippen LogP contribution in [0.1, 0.15) is 38.7 Å². The van der Waals surface area contributed by atoms with Crippen LogP contribution >= 0.6 is 0 Å². The summed E-state index contributed by atoms with van der Waals surface area (Å²) in [6.07, 6.45) is 9.04. The second-order valence-corrected chi connectivity index (χ2v) is 8.64. The summed E-state index contributed by atoms with van der Waals surface area (Å²) in [7, 11) is 0. The van der Waals surface area contributed by atoms with Gasteiger partial charge in [-0.15, -0.1) is 0 Å². The van der Waals surface area contributed by atoms with Crippen molar-refractivity contribution in [1.82, 2.24) is 20.0 Å². The molecule has 3 unspecified atom stereocenters. The number of amides is 3. The van der Waals surface area contributed by atoms with Crippen molar-refractivity contribution in [2.75, 3.05) is 0 Å². The van der Waals surface area contributed by atoms with Crippen LogP contribution in [0, 0.1) is 17.8 Å². The minimum Gasteiger partial charge on any atom is -0.350 e. The largest absolute Gasteiger partial charge is 0.350 e. The first-order valence-corrected chi connectivity index (χ1v) is 10.8. The van der Waals surface area contributed by atoms with E-state index in [2.05, 4.69) is 10.4 Å². The first-order valence-electron chi connectivity index (χ1n) is 10.8. The molecule has 1 N–H and O–H groups in total. The molecule has 1 aromatic carbocycles. The number of imide groups is 1. The number of carbonyl (C=O) groups is 3. The molecule has 0 bridgehead atoms. The summed E-state index contributed by atoms with van der Waals surface area (Å²) in [5.74, 6) is -1.22. The van der Waals surface area contributed by atoms with Gasteiger partial charge in [-0.3, -0.25) is 19.3 Å². The molecule has 3 amide bonds. The highest BCUT2D eigenvalue weighted by atomic mass is 16.2. The number of carbonyl (C=O) groups excluding carboxylic acids is 3. The van der Waals surface area contributed by atoms with Gasteiger partial charge in [-0.2, -0.15) is 5.10 Å². The van der Waals surface area contributed by atoms with Crippen LogP contribution in [0.4, 0.5) is 0 Å². The SMILES string of the molecule is CC(C)CC(C(=O)NCc1ccccc1-n1cccn1)N1C(=O)C2CC=CCC2C1=O. The summed E-state index contributed by atoms with van der Waals surface area (Å²) in [6.45, 7) is 4.27. The Bertz CT molecular complexity index is 970. The van der Waals surface area contributed by atoms with E-state index in [0.717, 1.165) is 11.3 Å². The van der Waals surface area contributed by atoms with Crippen molar-refractivity contribution in [3.05, 3.63) is 60.4 Å². The molecule has 31 heavy (non-hydrogen) atoms. The van der Waals surface area contributed by atoms with Crippen molar-refractivity contribution >= 4 is 17.7 Å². The van der Waals surface area contributed by atoms with Crippen LogP contribution in [0.25, 0.3) is 5.69 Å². The Kier molecular flexibility index (Phi) is 6.02. The highest BCUT2D eigenvalue weighted by molar-refractivity contribution is 6.08. The van der Waals surface area contributed by atoms with E-state index in [1.165, 1.54) is 4.90 Å². The second kappa shape index (κ2) is 8.88. The predicted molar refractivity (Wildman–Crippen MR) is 116 cm³/mol. The quantitative estimate of drug-likeness (QED) is 0.551. The third kappa shape index (κ3) is 4.17. The van der Waals surface area contributed by atoms with Crippen molar-refractivity contribution in [2.24, 2.45) is 17.8 Å². The number of likely N-dealkylation sites (tertiary alicyclic amines) is 1. The lowest BCUT2D eigenvalue weighted by molar-refractivity contribution is -0.148. The van der Waals surface area contributed by atoms with Gasteiger partial charge in [0.2, 0.25) is 17.7 Å². The fourth-order valence-electron chi connectivity index (χ4n) is 4.50. The molecule has 0 radical (unpaired) electrons. The van der Waals surface area contributed by atoms with E-state index in [1.54, 1.807) is 10.9 Å². The van der Waals surface area contributed by atoms with E-state index in [1.807, 2.05) is 62.5 Å². The summed E-state index contributed by atoms with van der Waals surface area (Å²) in [4.78, 5) is 40.6. The average molecular weight is 421 g/mol. The van der Waals surface area contributed by atoms with Gasteiger partial charge in [-0.1, -0.05) is 44.2 Å². The third-order valence-corrected chi connectivity index (χ3v) is 6.05. The number of nitrogens with one attached hydrogen (secondary N) is 1. The van der Waals surface area contributed by atoms with Gasteiger partial charge in [0, 0.05) is 18.9 Å². The maximum atomic E-state index is 13.2. The van der Waals surface area contributed by atoms with Gasteiger partial charge in [0.25, 0.3) is 0 Å². The Balaban J connectivity index is 1.53. The van der Waals surface area contributed by atoms with Crippen LogP contribution in [0.3, 0.4) is 0 Å². The summed E-state index contributed by atoms with van der Waals surface area (Å²) in [5, 5.41) is 7.24. The Labute approximate surface area is 182 Å². The number of nitrogens with zero attached hydrogens (tertiary/aromatic N) is 3. The van der Waals surface area contributed by atoms with Crippen LogP contribution in [0.5, 0.6) is 0 Å². The molecule has 1 aliphatic heterocycles. The van der Waals surface area contributed by atoms with Crippen molar-refractivity contribution in [3.63, 3.8) is 0 Å². The second-order valence-electron chi connectivity index (χ2n) is 8.64. The van der Waals surface area contributed by atoms with Gasteiger partial charge >= 0.3 is 0 Å². The highest BCUT2D eigenvalue weighted by Gasteiger charge is 2.51. The zero-order valence-electron chi connectivity index (χ0n) is 17.9. The number of benzene rings is 1. The van der Waals surface area contributed by atoms with Crippen molar-refractivity contribution < 1.29 is 14.4 Å². The number of allylic oxidation sites excluding steroid dienone is 2. The van der Waals surface area contributed by atoms with Crippen molar-refractivity contribution in [1.29, 1.82) is 0 Å². The summed E-state index contributed by atoms with van der Waals surface area (Å²) in [6, 6.07) is 8.74. The first-order chi connectivity index (χ1) is 15.0. The lowest BCUT2D eigenvalue weighted by Gasteiger charge is -2.27. The lowest BCUT2D eigenvalue weighted by atomic mass is 9.85. The Morgan fingerprint density at radius 1 is 1.10 bits per heavy atom. The molecule has 162 valence electrons. The molecule has 7 heteroatoms. The average Bonchev–Trinajstić information content (AvgIpc) is 3.39. The number of hydrogen-bond donors (Lipinski definition) is 1. The summed E-state index contributed by atoms with van der Waals surface area (Å²) in [5.41, 5.74) is 1.78. The fourth-order valence-corrected chi connectivity index (χ4v) is 4.50. The highest BCUT2D eigenvalue weighted by Crippen LogP contribution is 2.37. The molecular formula is C24H28N4O3. The van der Waals surface area contributed by atoms with E-state index in [4.69, 9.17) is 0 Å². The molecule has 3 atom stereocenters. The molecule has 2 aliphatic rings. The first kappa shape index (κ1) is 21.0. The molecule has 1 aromatic heterocycles. The molecule has 0 spiro atoms. The Hall–Kier alpha value is -3.22. The molecule has 1 aliphatic carbocycles. The van der Waals surface area contributed by atoms with Crippen molar-refractivity contribution in [2.45, 2.75) is 45.7 Å². The minimum absolute atomic E-state index is 0.161. The number of fused-ring (bicyclic) bond motifs is 1. The maximum Gasteiger partial charge on any atom is 0.243 e. The minimum atomic E-state index is -0.789. The van der Waals surface area contributed by atoms with Crippen LogP contribution in [0.15, 0.2) is 54.9 Å². The molecular weight excluding hydrogens is 392 g/mol. The van der Waals surface area contributed by atoms with Crippen LogP contribution in [-0.2, 0) is 20.9 Å². The molecule has 4 rings (SSSR count). The molecule has 2 heterocycles. The van der Waals surface area contributed by atoms with E-state index in [0.29, 0.717) is 19.3 Å². The van der Waals surface area contributed by atoms with Gasteiger partial charge in [0.15, 0.2) is 0 Å².